The van der Waals surface area contributed by atoms with Crippen LogP contribution in [0.4, 0.5) is 0 Å². The van der Waals surface area contributed by atoms with Crippen molar-refractivity contribution in [2.75, 3.05) is 18.1 Å². The summed E-state index contributed by atoms with van der Waals surface area (Å²) in [6.07, 6.45) is 4.77. The van der Waals surface area contributed by atoms with Crippen LogP contribution in [-0.2, 0) is 0 Å². The summed E-state index contributed by atoms with van der Waals surface area (Å²) in [6, 6.07) is 2.42. The summed E-state index contributed by atoms with van der Waals surface area (Å²) in [6.45, 7) is 7.79. The van der Waals surface area contributed by atoms with Gasteiger partial charge in [0.15, 0.2) is 0 Å². The van der Waals surface area contributed by atoms with Crippen molar-refractivity contribution in [3.05, 3.63) is 24.2 Å². The molecule has 0 aliphatic rings. The molecule has 0 bridgehead atoms. The van der Waals surface area contributed by atoms with Gasteiger partial charge in [0.1, 0.15) is 0 Å². The molecule has 16 heavy (non-hydrogen) atoms. The van der Waals surface area contributed by atoms with E-state index in [1.54, 1.807) is 6.26 Å². The molecular formula is C13H23NOS. The van der Waals surface area contributed by atoms with E-state index in [4.69, 9.17) is 4.42 Å². The van der Waals surface area contributed by atoms with Gasteiger partial charge >= 0.3 is 0 Å². The highest BCUT2D eigenvalue weighted by molar-refractivity contribution is 7.99. The first-order valence-corrected chi connectivity index (χ1v) is 7.19. The predicted octanol–water partition coefficient (Wildman–Crippen LogP) is 3.71. The van der Waals surface area contributed by atoms with Crippen molar-refractivity contribution in [3.8, 4) is 0 Å². The molecule has 0 fully saturated rings. The molecule has 2 nitrogen and oxygen atoms in total. The van der Waals surface area contributed by atoms with E-state index in [0.717, 1.165) is 12.5 Å². The zero-order valence-electron chi connectivity index (χ0n) is 10.5. The van der Waals surface area contributed by atoms with Gasteiger partial charge in [0.05, 0.1) is 12.5 Å². The first-order valence-electron chi connectivity index (χ1n) is 6.03. The van der Waals surface area contributed by atoms with Crippen LogP contribution in [-0.4, -0.2) is 18.1 Å². The lowest BCUT2D eigenvalue weighted by molar-refractivity contribution is 0.538. The van der Waals surface area contributed by atoms with E-state index in [0.29, 0.717) is 6.04 Å². The van der Waals surface area contributed by atoms with Crippen LogP contribution in [0.15, 0.2) is 23.0 Å². The van der Waals surface area contributed by atoms with Crippen LogP contribution in [0, 0.1) is 5.92 Å². The Balaban J connectivity index is 1.99. The predicted molar refractivity (Wildman–Crippen MR) is 71.9 cm³/mol. The highest BCUT2D eigenvalue weighted by atomic mass is 32.2. The van der Waals surface area contributed by atoms with Gasteiger partial charge in [-0.05, 0) is 43.4 Å². The third-order valence-corrected chi connectivity index (χ3v) is 3.89. The second kappa shape index (κ2) is 7.80. The third kappa shape index (κ3) is 5.61. The molecule has 1 atom stereocenters. The maximum Gasteiger partial charge on any atom is 0.0950 e. The lowest BCUT2D eigenvalue weighted by Gasteiger charge is -2.11. The molecular weight excluding hydrogens is 218 g/mol. The highest BCUT2D eigenvalue weighted by Crippen LogP contribution is 2.12. The van der Waals surface area contributed by atoms with Crippen LogP contribution in [0.5, 0.6) is 0 Å². The van der Waals surface area contributed by atoms with Gasteiger partial charge in [-0.3, -0.25) is 0 Å². The van der Waals surface area contributed by atoms with E-state index in [9.17, 15) is 0 Å². The maximum atomic E-state index is 5.06. The quantitative estimate of drug-likeness (QED) is 0.702. The van der Waals surface area contributed by atoms with Crippen molar-refractivity contribution < 1.29 is 4.42 Å². The molecule has 1 rings (SSSR count). The third-order valence-electron chi connectivity index (χ3n) is 2.41. The molecule has 0 aliphatic heterocycles. The Labute approximate surface area is 103 Å². The molecule has 0 saturated heterocycles. The van der Waals surface area contributed by atoms with Crippen molar-refractivity contribution in [1.82, 2.24) is 5.32 Å². The van der Waals surface area contributed by atoms with Crippen LogP contribution < -0.4 is 5.32 Å². The molecule has 0 amide bonds. The van der Waals surface area contributed by atoms with Crippen LogP contribution in [0.3, 0.4) is 0 Å². The molecule has 3 heteroatoms. The van der Waals surface area contributed by atoms with Crippen molar-refractivity contribution in [1.29, 1.82) is 0 Å². The Bertz CT molecular complexity index is 259. The van der Waals surface area contributed by atoms with Gasteiger partial charge in [-0.25, -0.2) is 0 Å². The number of nitrogens with one attached hydrogen (secondary N) is 1. The minimum atomic E-state index is 0.397. The van der Waals surface area contributed by atoms with Crippen LogP contribution >= 0.6 is 11.8 Å². The van der Waals surface area contributed by atoms with Gasteiger partial charge in [-0.15, -0.1) is 0 Å². The number of hydrogen-bond donors (Lipinski definition) is 1. The average molecular weight is 241 g/mol. The van der Waals surface area contributed by atoms with Gasteiger partial charge in [0, 0.05) is 11.6 Å². The Morgan fingerprint density at radius 1 is 1.38 bits per heavy atom. The van der Waals surface area contributed by atoms with Gasteiger partial charge in [-0.1, -0.05) is 13.8 Å². The van der Waals surface area contributed by atoms with Crippen LogP contribution in [0.1, 0.15) is 38.8 Å². The number of hydrogen-bond acceptors (Lipinski definition) is 3. The van der Waals surface area contributed by atoms with Crippen molar-refractivity contribution in [3.63, 3.8) is 0 Å². The summed E-state index contributed by atoms with van der Waals surface area (Å²) < 4.78 is 5.06. The second-order valence-electron chi connectivity index (χ2n) is 4.55. The maximum absolute atomic E-state index is 5.06. The van der Waals surface area contributed by atoms with E-state index < -0.39 is 0 Å². The summed E-state index contributed by atoms with van der Waals surface area (Å²) in [7, 11) is 0. The molecule has 92 valence electrons. The fourth-order valence-corrected chi connectivity index (χ4v) is 2.44. The van der Waals surface area contributed by atoms with Crippen molar-refractivity contribution in [2.24, 2.45) is 5.92 Å². The molecule has 1 aromatic heterocycles. The van der Waals surface area contributed by atoms with Gasteiger partial charge in [0.25, 0.3) is 0 Å². The standard InChI is InChI=1S/C13H23NOS/c1-11(2)10-16-8-4-6-14-12(3)13-5-7-15-9-13/h5,7,9,11-12,14H,4,6,8,10H2,1-3H3. The Morgan fingerprint density at radius 3 is 2.81 bits per heavy atom. The monoisotopic (exact) mass is 241 g/mol. The first-order chi connectivity index (χ1) is 7.70. The summed E-state index contributed by atoms with van der Waals surface area (Å²) in [5, 5.41) is 3.50. The highest BCUT2D eigenvalue weighted by Gasteiger charge is 2.04. The Morgan fingerprint density at radius 2 is 2.19 bits per heavy atom. The normalized spacial score (nSPS) is 13.2. The van der Waals surface area contributed by atoms with Crippen molar-refractivity contribution >= 4 is 11.8 Å². The topological polar surface area (TPSA) is 25.2 Å². The molecule has 1 N–H and O–H groups in total. The fraction of sp³-hybridized carbons (Fsp3) is 0.692. The summed E-state index contributed by atoms with van der Waals surface area (Å²) in [5.74, 6) is 3.34. The fourth-order valence-electron chi connectivity index (χ4n) is 1.45. The van der Waals surface area contributed by atoms with E-state index in [1.807, 2.05) is 12.3 Å². The molecule has 1 unspecified atom stereocenters. The van der Waals surface area contributed by atoms with Gasteiger partial charge in [0.2, 0.25) is 0 Å². The number of furan rings is 1. The van der Waals surface area contributed by atoms with E-state index in [1.165, 1.54) is 23.5 Å². The zero-order valence-corrected chi connectivity index (χ0v) is 11.3. The van der Waals surface area contributed by atoms with Crippen LogP contribution in [0.2, 0.25) is 0 Å². The summed E-state index contributed by atoms with van der Waals surface area (Å²) in [5.41, 5.74) is 1.23. The van der Waals surface area contributed by atoms with Gasteiger partial charge < -0.3 is 9.73 Å². The molecule has 1 aromatic rings. The lowest BCUT2D eigenvalue weighted by Crippen LogP contribution is -2.19. The number of thioether (sulfide) groups is 1. The van der Waals surface area contributed by atoms with E-state index in [2.05, 4.69) is 37.8 Å². The minimum Gasteiger partial charge on any atom is -0.472 e. The number of rotatable bonds is 8. The lowest BCUT2D eigenvalue weighted by atomic mass is 10.2. The smallest absolute Gasteiger partial charge is 0.0950 e. The Hall–Kier alpha value is -0.410. The van der Waals surface area contributed by atoms with Gasteiger partial charge in [-0.2, -0.15) is 11.8 Å². The van der Waals surface area contributed by atoms with Crippen LogP contribution in [0.25, 0.3) is 0 Å². The molecule has 0 aliphatic carbocycles. The molecule has 0 radical (unpaired) electrons. The average Bonchev–Trinajstić information content (AvgIpc) is 2.75. The molecule has 0 spiro atoms. The van der Waals surface area contributed by atoms with E-state index >= 15 is 0 Å². The second-order valence-corrected chi connectivity index (χ2v) is 5.70. The molecule has 0 saturated carbocycles. The summed E-state index contributed by atoms with van der Waals surface area (Å²) >= 11 is 2.05. The first kappa shape index (κ1) is 13.7. The zero-order chi connectivity index (χ0) is 11.8. The Kier molecular flexibility index (Phi) is 6.65. The van der Waals surface area contributed by atoms with Crippen molar-refractivity contribution in [2.45, 2.75) is 33.2 Å². The van der Waals surface area contributed by atoms with E-state index in [-0.39, 0.29) is 0 Å². The molecule has 0 aromatic carbocycles. The largest absolute Gasteiger partial charge is 0.472 e. The summed E-state index contributed by atoms with van der Waals surface area (Å²) in [4.78, 5) is 0. The molecule has 1 heterocycles. The SMILES string of the molecule is CC(C)CSCCCNC(C)c1ccoc1. The minimum absolute atomic E-state index is 0.397.